The van der Waals surface area contributed by atoms with E-state index in [9.17, 15) is 9.59 Å². The number of nitrogens with one attached hydrogen (secondary N) is 1. The summed E-state index contributed by atoms with van der Waals surface area (Å²) < 4.78 is 0. The summed E-state index contributed by atoms with van der Waals surface area (Å²) in [5, 5.41) is 2.93. The van der Waals surface area contributed by atoms with Gasteiger partial charge in [-0.05, 0) is 25.5 Å². The molecule has 1 aromatic rings. The Bertz CT molecular complexity index is 520. The fourth-order valence-corrected chi connectivity index (χ4v) is 2.37. The Kier molecular flexibility index (Phi) is 4.27. The molecule has 0 atom stereocenters. The lowest BCUT2D eigenvalue weighted by atomic mass is 10.1. The Labute approximate surface area is 119 Å². The number of anilines is 1. The molecule has 1 heterocycles. The van der Waals surface area contributed by atoms with Crippen LogP contribution in [-0.4, -0.2) is 47.9 Å². The Hall–Kier alpha value is -2.04. The number of piperazine rings is 1. The van der Waals surface area contributed by atoms with E-state index in [4.69, 9.17) is 0 Å². The molecule has 1 aliphatic rings. The molecule has 1 fully saturated rings. The van der Waals surface area contributed by atoms with E-state index in [-0.39, 0.29) is 11.9 Å². The molecule has 1 saturated heterocycles. The number of urea groups is 1. The zero-order chi connectivity index (χ0) is 14.7. The molecule has 5 nitrogen and oxygen atoms in total. The molecule has 0 aromatic heterocycles. The van der Waals surface area contributed by atoms with Gasteiger partial charge in [0.25, 0.3) is 0 Å². The van der Waals surface area contributed by atoms with Crippen LogP contribution >= 0.6 is 0 Å². The van der Waals surface area contributed by atoms with Crippen LogP contribution in [0.3, 0.4) is 0 Å². The molecule has 0 radical (unpaired) electrons. The van der Waals surface area contributed by atoms with Gasteiger partial charge in [-0.15, -0.1) is 0 Å². The predicted octanol–water partition coefficient (Wildman–Crippen LogP) is 2.00. The van der Waals surface area contributed by atoms with Crippen molar-refractivity contribution >= 4 is 17.6 Å². The summed E-state index contributed by atoms with van der Waals surface area (Å²) in [6, 6.07) is 5.86. The lowest BCUT2D eigenvalue weighted by Gasteiger charge is -2.34. The van der Waals surface area contributed by atoms with E-state index in [2.05, 4.69) is 5.32 Å². The maximum atomic E-state index is 12.2. The maximum Gasteiger partial charge on any atom is 0.321 e. The molecule has 5 heteroatoms. The first kappa shape index (κ1) is 14.4. The van der Waals surface area contributed by atoms with E-state index >= 15 is 0 Å². The minimum Gasteiger partial charge on any atom is -0.339 e. The van der Waals surface area contributed by atoms with Crippen LogP contribution in [0.4, 0.5) is 10.5 Å². The first-order chi connectivity index (χ1) is 9.47. The van der Waals surface area contributed by atoms with Crippen molar-refractivity contribution in [1.29, 1.82) is 0 Å². The van der Waals surface area contributed by atoms with Gasteiger partial charge in [-0.1, -0.05) is 17.7 Å². The van der Waals surface area contributed by atoms with Crippen molar-refractivity contribution in [2.75, 3.05) is 31.5 Å². The average molecular weight is 275 g/mol. The van der Waals surface area contributed by atoms with Crippen LogP contribution in [-0.2, 0) is 4.79 Å². The van der Waals surface area contributed by atoms with Gasteiger partial charge in [0.15, 0.2) is 0 Å². The third kappa shape index (κ3) is 3.29. The van der Waals surface area contributed by atoms with Gasteiger partial charge < -0.3 is 15.1 Å². The number of hydrogen-bond acceptors (Lipinski definition) is 2. The smallest absolute Gasteiger partial charge is 0.321 e. The van der Waals surface area contributed by atoms with Crippen LogP contribution in [0.15, 0.2) is 18.2 Å². The van der Waals surface area contributed by atoms with E-state index in [1.807, 2.05) is 32.0 Å². The second-order valence-electron chi connectivity index (χ2n) is 5.24. The molecule has 2 rings (SSSR count). The highest BCUT2D eigenvalue weighted by Crippen LogP contribution is 2.17. The predicted molar refractivity (Wildman–Crippen MR) is 78.8 cm³/mol. The second kappa shape index (κ2) is 5.94. The third-order valence-corrected chi connectivity index (χ3v) is 3.64. The number of hydrogen-bond donors (Lipinski definition) is 1. The molecule has 0 aliphatic carbocycles. The van der Waals surface area contributed by atoms with Gasteiger partial charge in [0.05, 0.1) is 0 Å². The van der Waals surface area contributed by atoms with E-state index in [1.165, 1.54) is 5.56 Å². The first-order valence-electron chi connectivity index (χ1n) is 6.86. The number of nitrogens with zero attached hydrogens (tertiary/aromatic N) is 2. The van der Waals surface area contributed by atoms with Crippen molar-refractivity contribution in [2.24, 2.45) is 0 Å². The lowest BCUT2D eigenvalue weighted by Crippen LogP contribution is -2.51. The monoisotopic (exact) mass is 275 g/mol. The van der Waals surface area contributed by atoms with Crippen molar-refractivity contribution in [3.05, 3.63) is 29.3 Å². The van der Waals surface area contributed by atoms with Crippen LogP contribution in [0.1, 0.15) is 18.1 Å². The minimum absolute atomic E-state index is 0.0689. The zero-order valence-electron chi connectivity index (χ0n) is 12.3. The van der Waals surface area contributed by atoms with Gasteiger partial charge in [-0.3, -0.25) is 4.79 Å². The van der Waals surface area contributed by atoms with Crippen LogP contribution < -0.4 is 5.32 Å². The summed E-state index contributed by atoms with van der Waals surface area (Å²) in [5.41, 5.74) is 3.07. The molecule has 108 valence electrons. The highest BCUT2D eigenvalue weighted by molar-refractivity contribution is 5.90. The van der Waals surface area contributed by atoms with E-state index in [0.717, 1.165) is 11.3 Å². The van der Waals surface area contributed by atoms with Gasteiger partial charge >= 0.3 is 6.03 Å². The number of rotatable bonds is 1. The Morgan fingerprint density at radius 1 is 1.05 bits per heavy atom. The Morgan fingerprint density at radius 3 is 2.20 bits per heavy atom. The molecular formula is C15H21N3O2. The largest absolute Gasteiger partial charge is 0.339 e. The highest BCUT2D eigenvalue weighted by Gasteiger charge is 2.22. The van der Waals surface area contributed by atoms with Gasteiger partial charge in [0.1, 0.15) is 0 Å². The maximum absolute atomic E-state index is 12.2. The van der Waals surface area contributed by atoms with Gasteiger partial charge in [0, 0.05) is 38.8 Å². The summed E-state index contributed by atoms with van der Waals surface area (Å²) in [7, 11) is 0. The van der Waals surface area contributed by atoms with Crippen molar-refractivity contribution in [1.82, 2.24) is 9.80 Å². The van der Waals surface area contributed by atoms with Crippen molar-refractivity contribution in [2.45, 2.75) is 20.8 Å². The van der Waals surface area contributed by atoms with Crippen molar-refractivity contribution in [3.63, 3.8) is 0 Å². The van der Waals surface area contributed by atoms with Crippen LogP contribution in [0.25, 0.3) is 0 Å². The molecule has 3 amide bonds. The number of aryl methyl sites for hydroxylation is 2. The molecule has 0 bridgehead atoms. The Balaban J connectivity index is 1.94. The first-order valence-corrected chi connectivity index (χ1v) is 6.86. The van der Waals surface area contributed by atoms with Gasteiger partial charge in [0.2, 0.25) is 5.91 Å². The fraction of sp³-hybridized carbons (Fsp3) is 0.467. The number of carbonyl (C=O) groups is 2. The van der Waals surface area contributed by atoms with Crippen molar-refractivity contribution < 1.29 is 9.59 Å². The van der Waals surface area contributed by atoms with E-state index in [0.29, 0.717) is 26.2 Å². The summed E-state index contributed by atoms with van der Waals surface area (Å²) in [5.74, 6) is 0.0689. The zero-order valence-corrected chi connectivity index (χ0v) is 12.3. The van der Waals surface area contributed by atoms with Crippen LogP contribution in [0.5, 0.6) is 0 Å². The molecule has 1 N–H and O–H groups in total. The lowest BCUT2D eigenvalue weighted by molar-refractivity contribution is -0.130. The van der Waals surface area contributed by atoms with E-state index in [1.54, 1.807) is 16.7 Å². The standard InChI is InChI=1S/C15H21N3O2/c1-11-4-5-14(12(2)10-11)16-15(20)18-8-6-17(7-9-18)13(3)19/h4-5,10H,6-9H2,1-3H3,(H,16,20). The summed E-state index contributed by atoms with van der Waals surface area (Å²) in [6.45, 7) is 7.94. The van der Waals surface area contributed by atoms with E-state index < -0.39 is 0 Å². The van der Waals surface area contributed by atoms with Crippen LogP contribution in [0, 0.1) is 13.8 Å². The average Bonchev–Trinajstić information content (AvgIpc) is 2.42. The molecule has 1 aromatic carbocycles. The number of carbonyl (C=O) groups excluding carboxylic acids is 2. The molecular weight excluding hydrogens is 254 g/mol. The molecule has 0 spiro atoms. The molecule has 0 saturated carbocycles. The second-order valence-corrected chi connectivity index (χ2v) is 5.24. The topological polar surface area (TPSA) is 52.7 Å². The number of amides is 3. The van der Waals surface area contributed by atoms with Crippen molar-refractivity contribution in [3.8, 4) is 0 Å². The highest BCUT2D eigenvalue weighted by atomic mass is 16.2. The molecule has 20 heavy (non-hydrogen) atoms. The molecule has 0 unspecified atom stereocenters. The van der Waals surface area contributed by atoms with Crippen LogP contribution in [0.2, 0.25) is 0 Å². The molecule has 1 aliphatic heterocycles. The minimum atomic E-state index is -0.0971. The Morgan fingerprint density at radius 2 is 1.65 bits per heavy atom. The summed E-state index contributed by atoms with van der Waals surface area (Å²) in [6.07, 6.45) is 0. The SMILES string of the molecule is CC(=O)N1CCN(C(=O)Nc2ccc(C)cc2C)CC1. The quantitative estimate of drug-likeness (QED) is 0.852. The van der Waals surface area contributed by atoms with Gasteiger partial charge in [-0.2, -0.15) is 0 Å². The normalized spacial score (nSPS) is 15.2. The summed E-state index contributed by atoms with van der Waals surface area (Å²) in [4.78, 5) is 27.0. The summed E-state index contributed by atoms with van der Waals surface area (Å²) >= 11 is 0. The van der Waals surface area contributed by atoms with Gasteiger partial charge in [-0.25, -0.2) is 4.79 Å². The third-order valence-electron chi connectivity index (χ3n) is 3.64. The fourth-order valence-electron chi connectivity index (χ4n) is 2.37. The number of benzene rings is 1.